The molecule has 1 amide bonds. The Hall–Kier alpha value is -2.75. The van der Waals surface area contributed by atoms with Crippen LogP contribution in [0.3, 0.4) is 0 Å². The molecule has 2 rings (SSSR count). The third-order valence-corrected chi connectivity index (χ3v) is 3.93. The predicted octanol–water partition coefficient (Wildman–Crippen LogP) is 5.02. The zero-order valence-corrected chi connectivity index (χ0v) is 15.7. The molecule has 0 heterocycles. The Kier molecular flexibility index (Phi) is 6.84. The highest BCUT2D eigenvalue weighted by atomic mass is 16.5. The van der Waals surface area contributed by atoms with Gasteiger partial charge in [-0.05, 0) is 40.7 Å². The predicted molar refractivity (Wildman–Crippen MR) is 105 cm³/mol. The average molecular weight is 353 g/mol. The lowest BCUT2D eigenvalue weighted by molar-refractivity contribution is 0.140. The summed E-state index contributed by atoms with van der Waals surface area (Å²) in [7, 11) is 0. The number of ether oxygens (including phenoxy) is 1. The fourth-order valence-electron chi connectivity index (χ4n) is 2.51. The summed E-state index contributed by atoms with van der Waals surface area (Å²) in [6.07, 6.45) is 4.27. The van der Waals surface area contributed by atoms with Crippen LogP contribution in [0, 0.1) is 0 Å². The van der Waals surface area contributed by atoms with Crippen molar-refractivity contribution in [2.45, 2.75) is 39.2 Å². The molecule has 138 valence electrons. The van der Waals surface area contributed by atoms with E-state index in [0.717, 1.165) is 16.7 Å². The number of phenolic OH excluding ortho intramolecular Hbond substituents is 1. The van der Waals surface area contributed by atoms with Gasteiger partial charge in [0.05, 0.1) is 0 Å². The summed E-state index contributed by atoms with van der Waals surface area (Å²) in [5, 5.41) is 12.7. The van der Waals surface area contributed by atoms with Gasteiger partial charge in [0.2, 0.25) is 0 Å². The molecular weight excluding hydrogens is 326 g/mol. The van der Waals surface area contributed by atoms with Gasteiger partial charge in [-0.15, -0.1) is 0 Å². The molecule has 0 unspecified atom stereocenters. The van der Waals surface area contributed by atoms with E-state index in [1.165, 1.54) is 0 Å². The van der Waals surface area contributed by atoms with Gasteiger partial charge < -0.3 is 15.2 Å². The van der Waals surface area contributed by atoms with Crippen LogP contribution in [0.25, 0.3) is 6.08 Å². The van der Waals surface area contributed by atoms with Crippen molar-refractivity contribution in [1.29, 1.82) is 0 Å². The van der Waals surface area contributed by atoms with Gasteiger partial charge >= 0.3 is 6.09 Å². The summed E-state index contributed by atoms with van der Waals surface area (Å²) < 4.78 is 5.16. The minimum absolute atomic E-state index is 0.113. The van der Waals surface area contributed by atoms with E-state index in [0.29, 0.717) is 18.7 Å². The number of rotatable bonds is 6. The zero-order valence-electron chi connectivity index (χ0n) is 15.7. The summed E-state index contributed by atoms with van der Waals surface area (Å²) in [4.78, 5) is 11.7. The Morgan fingerprint density at radius 3 is 2.58 bits per heavy atom. The summed E-state index contributed by atoms with van der Waals surface area (Å²) in [5.41, 5.74) is 2.80. The Bertz CT molecular complexity index is 746. The van der Waals surface area contributed by atoms with Crippen molar-refractivity contribution in [1.82, 2.24) is 5.32 Å². The molecule has 0 radical (unpaired) electrons. The second kappa shape index (κ2) is 9.09. The number of alkyl carbamates (subject to hydrolysis) is 1. The first-order valence-electron chi connectivity index (χ1n) is 8.81. The first-order chi connectivity index (χ1) is 12.4. The summed E-state index contributed by atoms with van der Waals surface area (Å²) in [6.45, 7) is 6.99. The lowest BCUT2D eigenvalue weighted by Crippen LogP contribution is -2.24. The van der Waals surface area contributed by atoms with E-state index in [1.807, 2.05) is 54.6 Å². The minimum atomic E-state index is -0.415. The smallest absolute Gasteiger partial charge is 0.407 e. The zero-order chi connectivity index (χ0) is 19.0. The molecule has 0 aromatic heterocycles. The van der Waals surface area contributed by atoms with Gasteiger partial charge in [-0.2, -0.15) is 0 Å². The van der Waals surface area contributed by atoms with E-state index in [9.17, 15) is 9.90 Å². The number of aromatic hydroxyl groups is 1. The van der Waals surface area contributed by atoms with Crippen LogP contribution in [-0.2, 0) is 16.8 Å². The maximum atomic E-state index is 11.7. The van der Waals surface area contributed by atoms with E-state index in [1.54, 1.807) is 6.07 Å². The molecule has 4 nitrogen and oxygen atoms in total. The Morgan fingerprint density at radius 2 is 1.88 bits per heavy atom. The number of hydrogen-bond donors (Lipinski definition) is 2. The first-order valence-corrected chi connectivity index (χ1v) is 8.81. The number of nitrogens with one attached hydrogen (secondary N) is 1. The van der Waals surface area contributed by atoms with Crippen LogP contribution in [0.1, 0.15) is 43.9 Å². The van der Waals surface area contributed by atoms with Crippen molar-refractivity contribution in [3.8, 4) is 5.75 Å². The van der Waals surface area contributed by atoms with Crippen LogP contribution in [0.15, 0.2) is 54.6 Å². The molecule has 0 spiro atoms. The number of phenols is 1. The second-order valence-electron chi connectivity index (χ2n) is 7.21. The van der Waals surface area contributed by atoms with E-state index in [4.69, 9.17) is 4.74 Å². The fraction of sp³-hybridized carbons (Fsp3) is 0.318. The molecule has 0 saturated heterocycles. The van der Waals surface area contributed by atoms with Crippen molar-refractivity contribution < 1.29 is 14.6 Å². The van der Waals surface area contributed by atoms with Gasteiger partial charge in [0, 0.05) is 6.54 Å². The van der Waals surface area contributed by atoms with Gasteiger partial charge in [-0.1, -0.05) is 69.3 Å². The molecule has 4 heteroatoms. The van der Waals surface area contributed by atoms with Gasteiger partial charge in [0.1, 0.15) is 12.4 Å². The van der Waals surface area contributed by atoms with Crippen LogP contribution in [0.2, 0.25) is 0 Å². The van der Waals surface area contributed by atoms with Crippen molar-refractivity contribution in [3.63, 3.8) is 0 Å². The molecule has 0 aliphatic carbocycles. The van der Waals surface area contributed by atoms with E-state index >= 15 is 0 Å². The number of carbonyl (C=O) groups excluding carboxylic acids is 1. The maximum Gasteiger partial charge on any atom is 0.407 e. The third-order valence-electron chi connectivity index (χ3n) is 3.93. The summed E-state index contributed by atoms with van der Waals surface area (Å²) in [5.74, 6) is 0.317. The molecule has 0 fully saturated rings. The summed E-state index contributed by atoms with van der Waals surface area (Å²) >= 11 is 0. The van der Waals surface area contributed by atoms with Crippen LogP contribution >= 0.6 is 0 Å². The van der Waals surface area contributed by atoms with E-state index in [-0.39, 0.29) is 12.0 Å². The Labute approximate surface area is 155 Å². The van der Waals surface area contributed by atoms with Gasteiger partial charge in [-0.25, -0.2) is 4.79 Å². The van der Waals surface area contributed by atoms with Gasteiger partial charge in [-0.3, -0.25) is 0 Å². The lowest BCUT2D eigenvalue weighted by atomic mass is 9.85. The maximum absolute atomic E-state index is 11.7. The molecule has 0 bridgehead atoms. The number of carbonyl (C=O) groups is 1. The molecule has 2 N–H and O–H groups in total. The first kappa shape index (κ1) is 19.6. The normalized spacial score (nSPS) is 11.5. The molecule has 0 aliphatic heterocycles. The SMILES string of the molecule is CC(C)(C)c1cc(C=CCCNC(=O)OCc2ccccc2)ccc1O. The molecule has 0 saturated carbocycles. The number of amides is 1. The quantitative estimate of drug-likeness (QED) is 0.717. The highest BCUT2D eigenvalue weighted by Crippen LogP contribution is 2.31. The van der Waals surface area contributed by atoms with E-state index < -0.39 is 6.09 Å². The van der Waals surface area contributed by atoms with Crippen molar-refractivity contribution in [3.05, 3.63) is 71.3 Å². The molecule has 26 heavy (non-hydrogen) atoms. The average Bonchev–Trinajstić information content (AvgIpc) is 2.61. The van der Waals surface area contributed by atoms with Crippen molar-refractivity contribution >= 4 is 12.2 Å². The molecule has 0 atom stereocenters. The molecule has 2 aromatic rings. The highest BCUT2D eigenvalue weighted by molar-refractivity contribution is 5.67. The fourth-order valence-corrected chi connectivity index (χ4v) is 2.51. The standard InChI is InChI=1S/C22H27NO3/c1-22(2,3)19-15-17(12-13-20(19)24)9-7-8-14-23-21(25)26-16-18-10-5-4-6-11-18/h4-7,9-13,15,24H,8,14,16H2,1-3H3,(H,23,25). The number of benzene rings is 2. The van der Waals surface area contributed by atoms with Gasteiger partial charge in [0.15, 0.2) is 0 Å². The third kappa shape index (κ3) is 6.28. The second-order valence-corrected chi connectivity index (χ2v) is 7.21. The molecule has 0 aliphatic rings. The van der Waals surface area contributed by atoms with Crippen LogP contribution in [0.4, 0.5) is 4.79 Å². The highest BCUT2D eigenvalue weighted by Gasteiger charge is 2.17. The Morgan fingerprint density at radius 1 is 1.15 bits per heavy atom. The minimum Gasteiger partial charge on any atom is -0.508 e. The largest absolute Gasteiger partial charge is 0.508 e. The van der Waals surface area contributed by atoms with E-state index in [2.05, 4.69) is 26.1 Å². The van der Waals surface area contributed by atoms with Gasteiger partial charge in [0.25, 0.3) is 0 Å². The topological polar surface area (TPSA) is 58.6 Å². The molecular formula is C22H27NO3. The van der Waals surface area contributed by atoms with Crippen molar-refractivity contribution in [2.24, 2.45) is 0 Å². The molecule has 2 aromatic carbocycles. The summed E-state index contributed by atoms with van der Waals surface area (Å²) in [6, 6.07) is 15.2. The Balaban J connectivity index is 1.75. The van der Waals surface area contributed by atoms with Crippen LogP contribution < -0.4 is 5.32 Å². The lowest BCUT2D eigenvalue weighted by Gasteiger charge is -2.20. The number of hydrogen-bond acceptors (Lipinski definition) is 3. The van der Waals surface area contributed by atoms with Crippen molar-refractivity contribution in [2.75, 3.05) is 6.54 Å². The van der Waals surface area contributed by atoms with Crippen LogP contribution in [-0.4, -0.2) is 17.7 Å². The van der Waals surface area contributed by atoms with Crippen LogP contribution in [0.5, 0.6) is 5.75 Å². The monoisotopic (exact) mass is 353 g/mol.